The molecule has 1 fully saturated rings. The summed E-state index contributed by atoms with van der Waals surface area (Å²) in [6, 6.07) is 12.8. The van der Waals surface area contributed by atoms with E-state index in [2.05, 4.69) is 47.1 Å². The molecule has 0 bridgehead atoms. The zero-order valence-electron chi connectivity index (χ0n) is 14.8. The highest BCUT2D eigenvalue weighted by Gasteiger charge is 2.24. The quantitative estimate of drug-likeness (QED) is 0.736. The maximum Gasteiger partial charge on any atom is 0.163 e. The molecule has 0 N–H and O–H groups in total. The number of piperidine rings is 1. The van der Waals surface area contributed by atoms with Crippen LogP contribution in [0.15, 0.2) is 48.8 Å². The van der Waals surface area contributed by atoms with Crippen molar-refractivity contribution in [3.05, 3.63) is 48.8 Å². The molecule has 2 aromatic heterocycles. The second kappa shape index (κ2) is 6.76. The van der Waals surface area contributed by atoms with E-state index in [4.69, 9.17) is 9.97 Å². The van der Waals surface area contributed by atoms with Gasteiger partial charge in [-0.2, -0.15) is 0 Å². The number of aromatic nitrogens is 3. The van der Waals surface area contributed by atoms with Gasteiger partial charge in [0.15, 0.2) is 5.82 Å². The molecule has 0 spiro atoms. The number of pyridine rings is 1. The van der Waals surface area contributed by atoms with Gasteiger partial charge >= 0.3 is 0 Å². The molecule has 1 atom stereocenters. The highest BCUT2D eigenvalue weighted by molar-refractivity contribution is 5.91. The van der Waals surface area contributed by atoms with Crippen molar-refractivity contribution in [2.75, 3.05) is 32.1 Å². The highest BCUT2D eigenvalue weighted by atomic mass is 15.2. The Labute approximate surface area is 148 Å². The number of likely N-dealkylation sites (N-methyl/N-ethyl adjacent to an activating group) is 1. The number of anilines is 1. The van der Waals surface area contributed by atoms with Gasteiger partial charge in [0, 0.05) is 42.5 Å². The molecule has 0 radical (unpaired) electrons. The van der Waals surface area contributed by atoms with Crippen LogP contribution in [0.25, 0.3) is 22.3 Å². The van der Waals surface area contributed by atoms with Crippen LogP contribution in [0.3, 0.4) is 0 Å². The molecule has 0 aliphatic carbocycles. The van der Waals surface area contributed by atoms with Gasteiger partial charge in [-0.25, -0.2) is 9.97 Å². The lowest BCUT2D eigenvalue weighted by molar-refractivity contribution is 0.257. The largest absolute Gasteiger partial charge is 0.354 e. The van der Waals surface area contributed by atoms with E-state index in [0.29, 0.717) is 6.04 Å². The summed E-state index contributed by atoms with van der Waals surface area (Å²) in [5.74, 6) is 1.78. The standard InChI is InChI=1S/C20H23N5/c1-24(2)16-8-6-12-25(14-16)20-17-9-3-4-10-18(17)22-19(23-20)15-7-5-11-21-13-15/h3-5,7,9-11,13,16H,6,8,12,14H2,1-2H3. The summed E-state index contributed by atoms with van der Waals surface area (Å²) < 4.78 is 0. The minimum absolute atomic E-state index is 0.560. The molecular formula is C20H23N5. The van der Waals surface area contributed by atoms with Crippen LogP contribution in [0, 0.1) is 0 Å². The number of nitrogens with zero attached hydrogens (tertiary/aromatic N) is 5. The van der Waals surface area contributed by atoms with Crippen molar-refractivity contribution in [2.24, 2.45) is 0 Å². The first-order valence-electron chi connectivity index (χ1n) is 8.81. The van der Waals surface area contributed by atoms with E-state index in [-0.39, 0.29) is 0 Å². The van der Waals surface area contributed by atoms with Gasteiger partial charge in [-0.15, -0.1) is 0 Å². The summed E-state index contributed by atoms with van der Waals surface area (Å²) in [5, 5.41) is 1.12. The highest BCUT2D eigenvalue weighted by Crippen LogP contribution is 2.29. The van der Waals surface area contributed by atoms with Crippen molar-refractivity contribution in [2.45, 2.75) is 18.9 Å². The maximum atomic E-state index is 4.94. The number of hydrogen-bond acceptors (Lipinski definition) is 5. The van der Waals surface area contributed by atoms with Crippen LogP contribution < -0.4 is 4.90 Å². The Balaban J connectivity index is 1.81. The molecule has 5 nitrogen and oxygen atoms in total. The summed E-state index contributed by atoms with van der Waals surface area (Å²) in [6.07, 6.45) is 6.02. The number of para-hydroxylation sites is 1. The van der Waals surface area contributed by atoms with Crippen LogP contribution in [0.4, 0.5) is 5.82 Å². The predicted molar refractivity (Wildman–Crippen MR) is 102 cm³/mol. The van der Waals surface area contributed by atoms with Crippen molar-refractivity contribution >= 4 is 16.7 Å². The summed E-state index contributed by atoms with van der Waals surface area (Å²) in [5.41, 5.74) is 1.94. The molecule has 1 aromatic carbocycles. The van der Waals surface area contributed by atoms with Crippen molar-refractivity contribution < 1.29 is 0 Å². The lowest BCUT2D eigenvalue weighted by Crippen LogP contribution is -2.45. The molecule has 0 saturated carbocycles. The maximum absolute atomic E-state index is 4.94. The summed E-state index contributed by atoms with van der Waals surface area (Å²) in [4.78, 5) is 18.7. The van der Waals surface area contributed by atoms with Gasteiger partial charge in [0.1, 0.15) is 5.82 Å². The monoisotopic (exact) mass is 333 g/mol. The predicted octanol–water partition coefficient (Wildman–Crippen LogP) is 3.22. The molecule has 4 rings (SSSR count). The fourth-order valence-electron chi connectivity index (χ4n) is 3.49. The van der Waals surface area contributed by atoms with Crippen molar-refractivity contribution in [1.82, 2.24) is 19.9 Å². The Morgan fingerprint density at radius 3 is 2.76 bits per heavy atom. The Morgan fingerprint density at radius 1 is 1.08 bits per heavy atom. The van der Waals surface area contributed by atoms with Crippen LogP contribution >= 0.6 is 0 Å². The second-order valence-corrected chi connectivity index (χ2v) is 6.84. The number of benzene rings is 1. The van der Waals surface area contributed by atoms with Crippen molar-refractivity contribution in [3.8, 4) is 11.4 Å². The Kier molecular flexibility index (Phi) is 4.32. The van der Waals surface area contributed by atoms with Crippen molar-refractivity contribution in [1.29, 1.82) is 0 Å². The third kappa shape index (κ3) is 3.20. The third-order valence-corrected chi connectivity index (χ3v) is 4.93. The van der Waals surface area contributed by atoms with Gasteiger partial charge in [0.2, 0.25) is 0 Å². The zero-order valence-corrected chi connectivity index (χ0v) is 14.8. The lowest BCUT2D eigenvalue weighted by Gasteiger charge is -2.37. The molecule has 128 valence electrons. The van der Waals surface area contributed by atoms with Gasteiger partial charge in [-0.1, -0.05) is 12.1 Å². The lowest BCUT2D eigenvalue weighted by atomic mass is 10.0. The Bertz CT molecular complexity index is 862. The minimum atomic E-state index is 0.560. The van der Waals surface area contributed by atoms with Gasteiger partial charge in [0.05, 0.1) is 5.52 Å². The van der Waals surface area contributed by atoms with E-state index in [9.17, 15) is 0 Å². The zero-order chi connectivity index (χ0) is 17.2. The first kappa shape index (κ1) is 16.0. The molecule has 1 aliphatic heterocycles. The summed E-state index contributed by atoms with van der Waals surface area (Å²) >= 11 is 0. The smallest absolute Gasteiger partial charge is 0.163 e. The fraction of sp³-hybridized carbons (Fsp3) is 0.350. The molecule has 1 aliphatic rings. The Morgan fingerprint density at radius 2 is 1.96 bits per heavy atom. The molecule has 3 heterocycles. The number of hydrogen-bond donors (Lipinski definition) is 0. The van der Waals surface area contributed by atoms with E-state index < -0.39 is 0 Å². The summed E-state index contributed by atoms with van der Waals surface area (Å²) in [6.45, 7) is 2.04. The van der Waals surface area contributed by atoms with Gasteiger partial charge in [-0.3, -0.25) is 4.98 Å². The molecule has 1 unspecified atom stereocenters. The van der Waals surface area contributed by atoms with Gasteiger partial charge in [0.25, 0.3) is 0 Å². The van der Waals surface area contributed by atoms with E-state index in [0.717, 1.165) is 41.2 Å². The Hall–Kier alpha value is -2.53. The number of rotatable bonds is 3. The SMILES string of the molecule is CN(C)C1CCCN(c2nc(-c3cccnc3)nc3ccccc23)C1. The molecule has 0 amide bonds. The molecular weight excluding hydrogens is 310 g/mol. The topological polar surface area (TPSA) is 45.2 Å². The van der Waals surface area contributed by atoms with Crippen molar-refractivity contribution in [3.63, 3.8) is 0 Å². The van der Waals surface area contributed by atoms with E-state index in [1.165, 1.54) is 12.8 Å². The first-order chi connectivity index (χ1) is 12.2. The van der Waals surface area contributed by atoms with E-state index >= 15 is 0 Å². The van der Waals surface area contributed by atoms with E-state index in [1.807, 2.05) is 24.4 Å². The molecule has 25 heavy (non-hydrogen) atoms. The van der Waals surface area contributed by atoms with Crippen LogP contribution in [0.1, 0.15) is 12.8 Å². The van der Waals surface area contributed by atoms with Crippen LogP contribution in [-0.4, -0.2) is 53.1 Å². The average molecular weight is 333 g/mol. The number of fused-ring (bicyclic) bond motifs is 1. The molecule has 1 saturated heterocycles. The molecule has 3 aromatic rings. The third-order valence-electron chi connectivity index (χ3n) is 4.93. The first-order valence-corrected chi connectivity index (χ1v) is 8.81. The van der Waals surface area contributed by atoms with Crippen LogP contribution in [-0.2, 0) is 0 Å². The van der Waals surface area contributed by atoms with Crippen LogP contribution in [0.2, 0.25) is 0 Å². The van der Waals surface area contributed by atoms with Crippen LogP contribution in [0.5, 0.6) is 0 Å². The summed E-state index contributed by atoms with van der Waals surface area (Å²) in [7, 11) is 4.32. The fourth-order valence-corrected chi connectivity index (χ4v) is 3.49. The van der Waals surface area contributed by atoms with E-state index in [1.54, 1.807) is 6.20 Å². The minimum Gasteiger partial charge on any atom is -0.354 e. The molecule has 5 heteroatoms. The second-order valence-electron chi connectivity index (χ2n) is 6.84. The van der Waals surface area contributed by atoms with Gasteiger partial charge in [-0.05, 0) is 51.2 Å². The average Bonchev–Trinajstić information content (AvgIpc) is 2.68. The normalized spacial score (nSPS) is 18.0. The van der Waals surface area contributed by atoms with Gasteiger partial charge < -0.3 is 9.80 Å².